The van der Waals surface area contributed by atoms with Crippen LogP contribution < -0.4 is 10.1 Å². The summed E-state index contributed by atoms with van der Waals surface area (Å²) in [6.07, 6.45) is 1.73. The van der Waals surface area contributed by atoms with Gasteiger partial charge in [-0.15, -0.1) is 0 Å². The minimum absolute atomic E-state index is 0.201. The zero-order valence-electron chi connectivity index (χ0n) is 21.2. The fourth-order valence-electron chi connectivity index (χ4n) is 4.47. The van der Waals surface area contributed by atoms with E-state index in [1.54, 1.807) is 18.2 Å². The number of hydrogen-bond acceptors (Lipinski definition) is 3. The average molecular weight is 625 g/mol. The molecule has 1 aliphatic heterocycles. The Balaban J connectivity index is 1.31. The highest BCUT2D eigenvalue weighted by atomic mass is 79.9. The molecule has 39 heavy (non-hydrogen) atoms. The molecule has 3 amide bonds. The van der Waals surface area contributed by atoms with Crippen molar-refractivity contribution in [3.8, 4) is 11.4 Å². The van der Waals surface area contributed by atoms with Gasteiger partial charge >= 0.3 is 6.03 Å². The predicted molar refractivity (Wildman–Crippen MR) is 157 cm³/mol. The second kappa shape index (κ2) is 11.3. The summed E-state index contributed by atoms with van der Waals surface area (Å²) >= 11 is 15.6. The second-order valence-corrected chi connectivity index (χ2v) is 10.9. The van der Waals surface area contributed by atoms with Gasteiger partial charge in [-0.05, 0) is 85.6 Å². The largest absolute Gasteiger partial charge is 0.489 e. The lowest BCUT2D eigenvalue weighted by Crippen LogP contribution is -2.30. The van der Waals surface area contributed by atoms with Crippen molar-refractivity contribution in [3.05, 3.63) is 121 Å². The van der Waals surface area contributed by atoms with Gasteiger partial charge in [-0.1, -0.05) is 57.3 Å². The van der Waals surface area contributed by atoms with Gasteiger partial charge in [0.15, 0.2) is 0 Å². The smallest absolute Gasteiger partial charge is 0.329 e. The Kier molecular flexibility index (Phi) is 7.84. The summed E-state index contributed by atoms with van der Waals surface area (Å²) in [5.41, 5.74) is 5.69. The number of nitrogens with zero attached hydrogens (tertiary/aromatic N) is 2. The van der Waals surface area contributed by atoms with E-state index in [0.717, 1.165) is 38.2 Å². The minimum atomic E-state index is -0.432. The molecule has 0 spiro atoms. The summed E-state index contributed by atoms with van der Waals surface area (Å²) in [5.74, 6) is 0.356. The van der Waals surface area contributed by atoms with Gasteiger partial charge in [0, 0.05) is 37.2 Å². The minimum Gasteiger partial charge on any atom is -0.489 e. The highest BCUT2D eigenvalue weighted by Gasteiger charge is 2.33. The van der Waals surface area contributed by atoms with Crippen LogP contribution in [0.5, 0.6) is 5.75 Å². The standard InChI is InChI=1S/C30H24BrCl2N3O3/c1-18-13-22(14-28-29(37)35(30(38)34-28)16-20-3-6-23(31)7-4-20)19(2)36(18)25-9-11-26(12-10-25)39-17-21-5-8-24(32)15-27(21)33/h3-15H,16-17H2,1-2H3,(H,34,38)/b28-14+. The van der Waals surface area contributed by atoms with Crippen LogP contribution in [0.25, 0.3) is 11.8 Å². The van der Waals surface area contributed by atoms with Gasteiger partial charge in [-0.3, -0.25) is 9.69 Å². The molecule has 3 aromatic carbocycles. The first-order chi connectivity index (χ1) is 18.7. The van der Waals surface area contributed by atoms with Crippen LogP contribution in [-0.4, -0.2) is 21.4 Å². The third-order valence-corrected chi connectivity index (χ3v) is 7.61. The normalized spacial score (nSPS) is 14.3. The van der Waals surface area contributed by atoms with Gasteiger partial charge in [0.2, 0.25) is 0 Å². The number of hydrogen-bond donors (Lipinski definition) is 1. The van der Waals surface area contributed by atoms with Crippen molar-refractivity contribution in [1.29, 1.82) is 0 Å². The SMILES string of the molecule is Cc1cc(/C=C2/NC(=O)N(Cc3ccc(Br)cc3)C2=O)c(C)n1-c1ccc(OCc2ccc(Cl)cc2Cl)cc1. The molecule has 6 nitrogen and oxygen atoms in total. The zero-order chi connectivity index (χ0) is 27.7. The van der Waals surface area contributed by atoms with E-state index in [1.807, 2.05) is 74.5 Å². The number of urea groups is 1. The van der Waals surface area contributed by atoms with Crippen molar-refractivity contribution in [2.24, 2.45) is 0 Å². The molecule has 5 rings (SSSR count). The van der Waals surface area contributed by atoms with Crippen LogP contribution in [0, 0.1) is 13.8 Å². The van der Waals surface area contributed by atoms with Gasteiger partial charge in [0.1, 0.15) is 18.1 Å². The topological polar surface area (TPSA) is 63.6 Å². The maximum absolute atomic E-state index is 13.0. The number of amides is 3. The quantitative estimate of drug-likeness (QED) is 0.168. The molecule has 1 N–H and O–H groups in total. The number of benzene rings is 3. The zero-order valence-corrected chi connectivity index (χ0v) is 24.3. The monoisotopic (exact) mass is 623 g/mol. The molecule has 1 saturated heterocycles. The molecule has 1 aromatic heterocycles. The Bertz CT molecular complexity index is 1600. The van der Waals surface area contributed by atoms with Crippen LogP contribution >= 0.6 is 39.1 Å². The van der Waals surface area contributed by atoms with E-state index in [1.165, 1.54) is 4.90 Å². The average Bonchev–Trinajstić information content (AvgIpc) is 3.33. The van der Waals surface area contributed by atoms with Crippen molar-refractivity contribution in [3.63, 3.8) is 0 Å². The number of imide groups is 1. The molecular weight excluding hydrogens is 601 g/mol. The molecule has 0 aliphatic carbocycles. The molecule has 198 valence electrons. The third-order valence-electron chi connectivity index (χ3n) is 6.49. The van der Waals surface area contributed by atoms with Crippen molar-refractivity contribution in [2.75, 3.05) is 0 Å². The van der Waals surface area contributed by atoms with E-state index >= 15 is 0 Å². The molecule has 2 heterocycles. The van der Waals surface area contributed by atoms with E-state index < -0.39 is 6.03 Å². The van der Waals surface area contributed by atoms with E-state index in [0.29, 0.717) is 22.4 Å². The van der Waals surface area contributed by atoms with Crippen molar-refractivity contribution in [2.45, 2.75) is 27.0 Å². The first-order valence-electron chi connectivity index (χ1n) is 12.1. The Morgan fingerprint density at radius 1 is 0.949 bits per heavy atom. The molecule has 1 aliphatic rings. The third kappa shape index (κ3) is 5.91. The van der Waals surface area contributed by atoms with Crippen LogP contribution in [0.2, 0.25) is 10.0 Å². The number of nitrogens with one attached hydrogen (secondary N) is 1. The number of aryl methyl sites for hydroxylation is 1. The predicted octanol–water partition coefficient (Wildman–Crippen LogP) is 7.84. The lowest BCUT2D eigenvalue weighted by molar-refractivity contribution is -0.123. The van der Waals surface area contributed by atoms with Crippen LogP contribution in [0.1, 0.15) is 28.1 Å². The lowest BCUT2D eigenvalue weighted by Gasteiger charge is -2.12. The molecule has 0 saturated carbocycles. The van der Waals surface area contributed by atoms with E-state index in [4.69, 9.17) is 27.9 Å². The van der Waals surface area contributed by atoms with Gasteiger partial charge in [-0.25, -0.2) is 4.79 Å². The van der Waals surface area contributed by atoms with Crippen molar-refractivity contribution in [1.82, 2.24) is 14.8 Å². The highest BCUT2D eigenvalue weighted by molar-refractivity contribution is 9.10. The molecule has 0 atom stereocenters. The van der Waals surface area contributed by atoms with Gasteiger partial charge < -0.3 is 14.6 Å². The second-order valence-electron chi connectivity index (χ2n) is 9.19. The number of carbonyl (C=O) groups excluding carboxylic acids is 2. The van der Waals surface area contributed by atoms with Crippen LogP contribution in [-0.2, 0) is 17.9 Å². The number of carbonyl (C=O) groups is 2. The lowest BCUT2D eigenvalue weighted by atomic mass is 10.2. The Morgan fingerprint density at radius 2 is 1.67 bits per heavy atom. The van der Waals surface area contributed by atoms with Crippen molar-refractivity contribution >= 4 is 57.1 Å². The van der Waals surface area contributed by atoms with E-state index in [-0.39, 0.29) is 18.1 Å². The Hall–Kier alpha value is -3.52. The molecule has 1 fully saturated rings. The Morgan fingerprint density at radius 3 is 2.36 bits per heavy atom. The maximum Gasteiger partial charge on any atom is 0.329 e. The summed E-state index contributed by atoms with van der Waals surface area (Å²) in [6.45, 7) is 4.50. The maximum atomic E-state index is 13.0. The summed E-state index contributed by atoms with van der Waals surface area (Å²) in [5, 5.41) is 3.86. The molecule has 9 heteroatoms. The first-order valence-corrected chi connectivity index (χ1v) is 13.7. The van der Waals surface area contributed by atoms with Crippen LogP contribution in [0.15, 0.2) is 83.0 Å². The van der Waals surface area contributed by atoms with E-state index in [2.05, 4.69) is 25.8 Å². The number of aromatic nitrogens is 1. The molecule has 0 unspecified atom stereocenters. The van der Waals surface area contributed by atoms with Crippen LogP contribution in [0.4, 0.5) is 4.79 Å². The van der Waals surface area contributed by atoms with Crippen LogP contribution in [0.3, 0.4) is 0 Å². The molecular formula is C30H24BrCl2N3O3. The molecule has 0 bridgehead atoms. The summed E-state index contributed by atoms with van der Waals surface area (Å²) in [4.78, 5) is 26.8. The Labute approximate surface area is 244 Å². The fourth-order valence-corrected chi connectivity index (χ4v) is 5.19. The van der Waals surface area contributed by atoms with E-state index in [9.17, 15) is 9.59 Å². The number of ether oxygens (including phenoxy) is 1. The number of halogens is 3. The highest BCUT2D eigenvalue weighted by Crippen LogP contribution is 2.27. The van der Waals surface area contributed by atoms with Gasteiger partial charge in [-0.2, -0.15) is 0 Å². The molecule has 4 aromatic rings. The fraction of sp³-hybridized carbons (Fsp3) is 0.133. The summed E-state index contributed by atoms with van der Waals surface area (Å²) < 4.78 is 8.93. The summed E-state index contributed by atoms with van der Waals surface area (Å²) in [6, 6.07) is 22.1. The molecule has 0 radical (unpaired) electrons. The van der Waals surface area contributed by atoms with Gasteiger partial charge in [0.05, 0.1) is 6.54 Å². The number of rotatable bonds is 7. The summed E-state index contributed by atoms with van der Waals surface area (Å²) in [7, 11) is 0. The first kappa shape index (κ1) is 27.1. The van der Waals surface area contributed by atoms with Crippen molar-refractivity contribution < 1.29 is 14.3 Å². The van der Waals surface area contributed by atoms with Gasteiger partial charge in [0.25, 0.3) is 5.91 Å².